The molecule has 3 rings (SSSR count). The molecule has 2 aromatic carbocycles. The van der Waals surface area contributed by atoms with E-state index in [-0.39, 0.29) is 5.02 Å². The fourth-order valence-corrected chi connectivity index (χ4v) is 4.51. The Morgan fingerprint density at radius 1 is 1.05 bits per heavy atom. The topological polar surface area (TPSA) is 46.2 Å². The van der Waals surface area contributed by atoms with Gasteiger partial charge in [-0.1, -0.05) is 29.8 Å². The first kappa shape index (κ1) is 15.3. The van der Waals surface area contributed by atoms with E-state index in [0.717, 1.165) is 42.9 Å². The van der Waals surface area contributed by atoms with Crippen LogP contribution in [-0.4, -0.2) is 8.42 Å². The molecule has 0 aromatic heterocycles. The molecule has 0 radical (unpaired) electrons. The number of anilines is 1. The molecule has 0 fully saturated rings. The predicted octanol–water partition coefficient (Wildman–Crippen LogP) is 4.16. The number of rotatable bonds is 3. The van der Waals surface area contributed by atoms with Crippen LogP contribution in [0, 0.1) is 5.82 Å². The Hall–Kier alpha value is -1.59. The minimum Gasteiger partial charge on any atom is -0.279 e. The first-order valence-electron chi connectivity index (χ1n) is 7.06. The first-order valence-corrected chi connectivity index (χ1v) is 8.93. The maximum atomic E-state index is 13.9. The number of halogens is 2. The summed E-state index contributed by atoms with van der Waals surface area (Å²) in [5.74, 6) is -0.857. The molecule has 1 aliphatic carbocycles. The molecule has 3 nitrogen and oxygen atoms in total. The number of benzene rings is 2. The Kier molecular flexibility index (Phi) is 4.10. The lowest BCUT2D eigenvalue weighted by molar-refractivity contribution is 0.570. The van der Waals surface area contributed by atoms with Crippen molar-refractivity contribution in [2.45, 2.75) is 30.6 Å². The average molecular weight is 340 g/mol. The Labute approximate surface area is 134 Å². The van der Waals surface area contributed by atoms with E-state index in [2.05, 4.69) is 4.72 Å². The van der Waals surface area contributed by atoms with Gasteiger partial charge in [-0.15, -0.1) is 0 Å². The summed E-state index contributed by atoms with van der Waals surface area (Å²) in [5, 5.41) is -0.128. The Balaban J connectivity index is 2.03. The number of sulfonamides is 1. The van der Waals surface area contributed by atoms with Crippen LogP contribution >= 0.6 is 11.6 Å². The van der Waals surface area contributed by atoms with Crippen molar-refractivity contribution < 1.29 is 12.8 Å². The molecule has 116 valence electrons. The van der Waals surface area contributed by atoms with Crippen molar-refractivity contribution in [1.29, 1.82) is 0 Å². The van der Waals surface area contributed by atoms with Gasteiger partial charge in [-0.25, -0.2) is 12.8 Å². The minimum absolute atomic E-state index is 0.128. The fraction of sp³-hybridized carbons (Fsp3) is 0.250. The molecule has 0 atom stereocenters. The van der Waals surface area contributed by atoms with E-state index >= 15 is 0 Å². The number of hydrogen-bond acceptors (Lipinski definition) is 2. The van der Waals surface area contributed by atoms with Gasteiger partial charge in [0, 0.05) is 0 Å². The zero-order valence-electron chi connectivity index (χ0n) is 11.8. The molecule has 2 aromatic rings. The second-order valence-electron chi connectivity index (χ2n) is 5.31. The molecule has 0 saturated heterocycles. The average Bonchev–Trinajstić information content (AvgIpc) is 2.47. The van der Waals surface area contributed by atoms with Crippen molar-refractivity contribution in [1.82, 2.24) is 0 Å². The third-order valence-corrected chi connectivity index (χ3v) is 5.70. The fourth-order valence-electron chi connectivity index (χ4n) is 2.81. The van der Waals surface area contributed by atoms with Crippen LogP contribution in [-0.2, 0) is 22.9 Å². The highest BCUT2D eigenvalue weighted by Crippen LogP contribution is 2.31. The lowest BCUT2D eigenvalue weighted by Gasteiger charge is -2.20. The van der Waals surface area contributed by atoms with Crippen molar-refractivity contribution >= 4 is 27.3 Å². The highest BCUT2D eigenvalue weighted by molar-refractivity contribution is 7.92. The van der Waals surface area contributed by atoms with Gasteiger partial charge in [-0.05, 0) is 55.0 Å². The van der Waals surface area contributed by atoms with Gasteiger partial charge in [-0.3, -0.25) is 4.72 Å². The summed E-state index contributed by atoms with van der Waals surface area (Å²) < 4.78 is 41.4. The number of fused-ring (bicyclic) bond motifs is 1. The number of nitrogens with one attached hydrogen (secondary N) is 1. The lowest BCUT2D eigenvalue weighted by Crippen LogP contribution is -2.17. The predicted molar refractivity (Wildman–Crippen MR) is 85.3 cm³/mol. The molecule has 22 heavy (non-hydrogen) atoms. The SMILES string of the molecule is O=S(=O)(Nc1cccc2c1CCCC2)c1c(F)cccc1Cl. The van der Waals surface area contributed by atoms with E-state index in [0.29, 0.717) is 5.69 Å². The normalized spacial score (nSPS) is 14.5. The summed E-state index contributed by atoms with van der Waals surface area (Å²) in [7, 11) is -4.07. The third-order valence-electron chi connectivity index (χ3n) is 3.83. The smallest absolute Gasteiger partial charge is 0.266 e. The summed E-state index contributed by atoms with van der Waals surface area (Å²) in [6, 6.07) is 9.34. The van der Waals surface area contributed by atoms with Gasteiger partial charge in [-0.2, -0.15) is 0 Å². The van der Waals surface area contributed by atoms with Crippen molar-refractivity contribution in [3.8, 4) is 0 Å². The van der Waals surface area contributed by atoms with E-state index in [4.69, 9.17) is 11.6 Å². The zero-order valence-corrected chi connectivity index (χ0v) is 13.3. The lowest BCUT2D eigenvalue weighted by atomic mass is 9.91. The van der Waals surface area contributed by atoms with Crippen LogP contribution in [0.2, 0.25) is 5.02 Å². The van der Waals surface area contributed by atoms with Crippen LogP contribution in [0.5, 0.6) is 0 Å². The van der Waals surface area contributed by atoms with Crippen LogP contribution in [0.1, 0.15) is 24.0 Å². The van der Waals surface area contributed by atoms with Gasteiger partial charge in [0.05, 0.1) is 10.7 Å². The van der Waals surface area contributed by atoms with Crippen molar-refractivity contribution in [2.24, 2.45) is 0 Å². The van der Waals surface area contributed by atoms with Crippen LogP contribution in [0.25, 0.3) is 0 Å². The summed E-state index contributed by atoms with van der Waals surface area (Å²) in [5.41, 5.74) is 2.65. The molecule has 0 heterocycles. The molecule has 6 heteroatoms. The molecule has 0 amide bonds. The first-order chi connectivity index (χ1) is 10.5. The Bertz CT molecular complexity index is 801. The molecule has 1 aliphatic rings. The molecule has 0 unspecified atom stereocenters. The maximum absolute atomic E-state index is 13.9. The Morgan fingerprint density at radius 3 is 2.55 bits per heavy atom. The van der Waals surface area contributed by atoms with E-state index < -0.39 is 20.7 Å². The highest BCUT2D eigenvalue weighted by Gasteiger charge is 2.24. The molecule has 1 N–H and O–H groups in total. The molecule has 0 spiro atoms. The quantitative estimate of drug-likeness (QED) is 0.912. The standard InChI is InChI=1S/C16H15ClFNO2S/c17-13-8-4-9-14(18)16(13)22(20,21)19-15-10-3-6-11-5-1-2-7-12(11)15/h3-4,6,8-10,19H,1-2,5,7H2. The summed E-state index contributed by atoms with van der Waals surface area (Å²) >= 11 is 5.86. The third kappa shape index (κ3) is 2.83. The second-order valence-corrected chi connectivity index (χ2v) is 7.33. The van der Waals surface area contributed by atoms with Gasteiger partial charge in [0.2, 0.25) is 0 Å². The van der Waals surface area contributed by atoms with E-state index in [9.17, 15) is 12.8 Å². The van der Waals surface area contributed by atoms with Crippen LogP contribution in [0.15, 0.2) is 41.3 Å². The zero-order chi connectivity index (χ0) is 15.7. The monoisotopic (exact) mass is 339 g/mol. The van der Waals surface area contributed by atoms with Gasteiger partial charge in [0.25, 0.3) is 10.0 Å². The summed E-state index contributed by atoms with van der Waals surface area (Å²) in [4.78, 5) is -0.509. The second kappa shape index (κ2) is 5.89. The number of hydrogen-bond donors (Lipinski definition) is 1. The van der Waals surface area contributed by atoms with E-state index in [1.165, 1.54) is 12.1 Å². The molecular formula is C16H15ClFNO2S. The minimum atomic E-state index is -4.07. The van der Waals surface area contributed by atoms with Crippen LogP contribution < -0.4 is 4.72 Å². The van der Waals surface area contributed by atoms with Gasteiger partial charge < -0.3 is 0 Å². The van der Waals surface area contributed by atoms with Crippen molar-refractivity contribution in [3.63, 3.8) is 0 Å². The number of aryl methyl sites for hydroxylation is 1. The maximum Gasteiger partial charge on any atom is 0.266 e. The molecular weight excluding hydrogens is 325 g/mol. The Morgan fingerprint density at radius 2 is 1.77 bits per heavy atom. The summed E-state index contributed by atoms with van der Waals surface area (Å²) in [6.45, 7) is 0. The molecule has 0 saturated carbocycles. The van der Waals surface area contributed by atoms with Crippen LogP contribution in [0.4, 0.5) is 10.1 Å². The largest absolute Gasteiger partial charge is 0.279 e. The van der Waals surface area contributed by atoms with Crippen molar-refractivity contribution in [2.75, 3.05) is 4.72 Å². The van der Waals surface area contributed by atoms with Gasteiger partial charge in [0.15, 0.2) is 0 Å². The van der Waals surface area contributed by atoms with E-state index in [1.54, 1.807) is 6.07 Å². The van der Waals surface area contributed by atoms with E-state index in [1.807, 2.05) is 12.1 Å². The summed E-state index contributed by atoms with van der Waals surface area (Å²) in [6.07, 6.45) is 3.87. The van der Waals surface area contributed by atoms with Gasteiger partial charge >= 0.3 is 0 Å². The van der Waals surface area contributed by atoms with Crippen LogP contribution in [0.3, 0.4) is 0 Å². The highest BCUT2D eigenvalue weighted by atomic mass is 35.5. The molecule has 0 aliphatic heterocycles. The van der Waals surface area contributed by atoms with Crippen molar-refractivity contribution in [3.05, 3.63) is 58.4 Å². The van der Waals surface area contributed by atoms with Gasteiger partial charge in [0.1, 0.15) is 10.7 Å². The molecule has 0 bridgehead atoms.